The van der Waals surface area contributed by atoms with Crippen molar-refractivity contribution in [2.24, 2.45) is 11.0 Å². The van der Waals surface area contributed by atoms with Gasteiger partial charge in [0.15, 0.2) is 0 Å². The maximum atomic E-state index is 15.5. The summed E-state index contributed by atoms with van der Waals surface area (Å²) in [4.78, 5) is 32.3. The van der Waals surface area contributed by atoms with Crippen molar-refractivity contribution in [2.75, 3.05) is 45.7 Å². The van der Waals surface area contributed by atoms with Gasteiger partial charge >= 0.3 is 5.97 Å². The van der Waals surface area contributed by atoms with Crippen molar-refractivity contribution in [3.05, 3.63) is 75.6 Å². The zero-order valence-electron chi connectivity index (χ0n) is 25.7. The largest absolute Gasteiger partial charge is 0.481 e. The molecule has 1 unspecified atom stereocenters. The number of allylic oxidation sites excluding steroid dienone is 1. The summed E-state index contributed by atoms with van der Waals surface area (Å²) in [7, 11) is 3.38. The molecule has 11 heteroatoms. The molecule has 45 heavy (non-hydrogen) atoms. The van der Waals surface area contributed by atoms with Crippen LogP contribution in [0.1, 0.15) is 36.1 Å². The third-order valence-electron chi connectivity index (χ3n) is 8.73. The molecule has 3 heterocycles. The number of methoxy groups -OCH3 is 1. The minimum atomic E-state index is -0.452. The fraction of sp³-hybridized carbons (Fsp3) is 0.353. The first-order valence-corrected chi connectivity index (χ1v) is 15.4. The van der Waals surface area contributed by atoms with Crippen LogP contribution in [0.4, 0.5) is 10.1 Å². The Morgan fingerprint density at radius 1 is 1.18 bits per heavy atom. The van der Waals surface area contributed by atoms with E-state index in [0.29, 0.717) is 76.4 Å². The van der Waals surface area contributed by atoms with Gasteiger partial charge in [-0.1, -0.05) is 29.8 Å². The Bertz CT molecular complexity index is 1740. The zero-order chi connectivity index (χ0) is 31.8. The van der Waals surface area contributed by atoms with E-state index in [4.69, 9.17) is 26.1 Å². The molecular weight excluding hydrogens is 597 g/mol. The van der Waals surface area contributed by atoms with E-state index >= 15 is 4.39 Å². The summed E-state index contributed by atoms with van der Waals surface area (Å²) in [6, 6.07) is 10.5. The molecule has 0 radical (unpaired) electrons. The Hall–Kier alpha value is -4.28. The number of carbonyl (C=O) groups is 2. The van der Waals surface area contributed by atoms with E-state index in [2.05, 4.69) is 15.3 Å². The van der Waals surface area contributed by atoms with Gasteiger partial charge < -0.3 is 14.8 Å². The number of ether oxygens (including phenoxy) is 2. The molecule has 3 aromatic rings. The number of aromatic nitrogens is 1. The van der Waals surface area contributed by atoms with Gasteiger partial charge in [-0.2, -0.15) is 5.10 Å². The number of nitrogens with zero attached hydrogens (tertiary/aromatic N) is 4. The number of hydrogen-bond donors (Lipinski definition) is 1. The smallest absolute Gasteiger partial charge is 0.311 e. The number of pyridine rings is 1. The molecule has 1 aromatic heterocycles. The van der Waals surface area contributed by atoms with Crippen LogP contribution in [0.2, 0.25) is 5.02 Å². The Balaban J connectivity index is 1.30. The van der Waals surface area contributed by atoms with Crippen LogP contribution in [0, 0.1) is 18.7 Å². The lowest BCUT2D eigenvalue weighted by molar-refractivity contribution is -0.155. The number of esters is 1. The normalized spacial score (nSPS) is 17.9. The van der Waals surface area contributed by atoms with E-state index in [0.717, 1.165) is 24.0 Å². The zero-order valence-corrected chi connectivity index (χ0v) is 26.4. The molecule has 0 bridgehead atoms. The van der Waals surface area contributed by atoms with Crippen LogP contribution >= 0.6 is 11.6 Å². The van der Waals surface area contributed by atoms with Crippen LogP contribution in [0.25, 0.3) is 22.4 Å². The van der Waals surface area contributed by atoms with Crippen LogP contribution in [0.5, 0.6) is 5.88 Å². The van der Waals surface area contributed by atoms with Crippen LogP contribution in [-0.2, 0) is 20.7 Å². The summed E-state index contributed by atoms with van der Waals surface area (Å²) in [6.45, 7) is 5.63. The maximum absolute atomic E-state index is 15.5. The van der Waals surface area contributed by atoms with Crippen molar-refractivity contribution in [1.82, 2.24) is 14.9 Å². The molecule has 6 rings (SSSR count). The topological polar surface area (TPSA) is 96.4 Å². The first-order valence-electron chi connectivity index (χ1n) is 15.0. The lowest BCUT2D eigenvalue weighted by Gasteiger charge is -2.42. The fourth-order valence-corrected chi connectivity index (χ4v) is 6.73. The lowest BCUT2D eigenvalue weighted by atomic mass is 9.94. The second-order valence-electron chi connectivity index (χ2n) is 11.5. The van der Waals surface area contributed by atoms with E-state index in [-0.39, 0.29) is 23.8 Å². The molecule has 1 aliphatic carbocycles. The van der Waals surface area contributed by atoms with E-state index in [1.165, 1.54) is 6.07 Å². The molecule has 0 saturated carbocycles. The Labute approximate surface area is 266 Å². The highest BCUT2D eigenvalue weighted by Crippen LogP contribution is 2.46. The number of likely N-dealkylation sites (tertiary alicyclic amines) is 1. The lowest BCUT2D eigenvalue weighted by Crippen LogP contribution is -2.51. The third-order valence-corrected chi connectivity index (χ3v) is 9.14. The van der Waals surface area contributed by atoms with Crippen molar-refractivity contribution >= 4 is 35.4 Å². The van der Waals surface area contributed by atoms with Crippen LogP contribution in [0.15, 0.2) is 53.1 Å². The number of benzene rings is 2. The van der Waals surface area contributed by atoms with Gasteiger partial charge in [0.2, 0.25) is 5.88 Å². The second-order valence-corrected chi connectivity index (χ2v) is 11.9. The van der Waals surface area contributed by atoms with Gasteiger partial charge in [0.25, 0.3) is 5.91 Å². The van der Waals surface area contributed by atoms with E-state index in [1.54, 1.807) is 50.5 Å². The number of likely N-dealkylation sites (N-methyl/N-ethyl adjacent to an activating group) is 1. The van der Waals surface area contributed by atoms with Gasteiger partial charge in [-0.25, -0.2) is 9.37 Å². The number of anilines is 1. The standard InChI is InChI=1S/C34H35ClFN5O4/c1-5-45-34(43)22-17-41(18-22)28-12-9-20-15-27(39-33(44-4)30(20)28)23-7-6-8-24(31(23)35)29-19(2)26(11-10-25(29)36)38-32(42)21-13-14-37-40(3)16-21/h6-8,10-11,13-15,22,28H,5,9,12,16-18H2,1-4H3,(H,38,42). The highest BCUT2D eigenvalue weighted by Gasteiger charge is 2.42. The molecular formula is C34H35ClFN5O4. The number of rotatable bonds is 8. The molecule has 1 fully saturated rings. The molecule has 2 aromatic carbocycles. The summed E-state index contributed by atoms with van der Waals surface area (Å²) in [5.74, 6) is -0.469. The Kier molecular flexibility index (Phi) is 8.61. The van der Waals surface area contributed by atoms with Crippen LogP contribution in [0.3, 0.4) is 0 Å². The van der Waals surface area contributed by atoms with Crippen molar-refractivity contribution < 1.29 is 23.5 Å². The quantitative estimate of drug-likeness (QED) is 0.314. The number of hydrazone groups is 1. The van der Waals surface area contributed by atoms with Crippen LogP contribution < -0.4 is 10.1 Å². The number of carbonyl (C=O) groups excluding carboxylic acids is 2. The molecule has 3 aliphatic rings. The molecule has 1 N–H and O–H groups in total. The van der Waals surface area contributed by atoms with Crippen molar-refractivity contribution in [3.63, 3.8) is 0 Å². The molecule has 1 amide bonds. The number of aryl methyl sites for hydroxylation is 1. The predicted octanol–water partition coefficient (Wildman–Crippen LogP) is 5.80. The first-order chi connectivity index (χ1) is 21.7. The monoisotopic (exact) mass is 631 g/mol. The van der Waals surface area contributed by atoms with Gasteiger partial charge in [-0.15, -0.1) is 0 Å². The molecule has 9 nitrogen and oxygen atoms in total. The summed E-state index contributed by atoms with van der Waals surface area (Å²) in [5, 5.41) is 9.05. The SMILES string of the molecule is CCOC(=O)C1CN(C2CCc3cc(-c4cccc(-c5c(F)ccc(NC(=O)C6=CC=NN(C)C6)c5C)c4Cl)nc(OC)c32)C1. The van der Waals surface area contributed by atoms with Gasteiger partial charge in [-0.05, 0) is 62.1 Å². The van der Waals surface area contributed by atoms with Gasteiger partial charge in [0.1, 0.15) is 5.82 Å². The van der Waals surface area contributed by atoms with Crippen LogP contribution in [-0.4, -0.2) is 73.4 Å². The third kappa shape index (κ3) is 5.80. The second kappa shape index (κ2) is 12.6. The van der Waals surface area contributed by atoms with E-state index < -0.39 is 5.82 Å². The molecule has 0 spiro atoms. The maximum Gasteiger partial charge on any atom is 0.311 e. The van der Waals surface area contributed by atoms with Gasteiger partial charge in [0.05, 0.1) is 36.9 Å². The Morgan fingerprint density at radius 3 is 2.69 bits per heavy atom. The molecule has 2 aliphatic heterocycles. The molecule has 1 saturated heterocycles. The van der Waals surface area contributed by atoms with E-state index in [9.17, 15) is 9.59 Å². The Morgan fingerprint density at radius 2 is 1.96 bits per heavy atom. The average molecular weight is 632 g/mol. The number of nitrogens with one attached hydrogen (secondary N) is 1. The number of amides is 1. The molecule has 1 atom stereocenters. The highest BCUT2D eigenvalue weighted by molar-refractivity contribution is 6.36. The summed E-state index contributed by atoms with van der Waals surface area (Å²) < 4.78 is 26.5. The van der Waals surface area contributed by atoms with Gasteiger partial charge in [-0.3, -0.25) is 19.5 Å². The summed E-state index contributed by atoms with van der Waals surface area (Å²) >= 11 is 7.03. The minimum absolute atomic E-state index is 0.107. The van der Waals surface area contributed by atoms with E-state index in [1.807, 2.05) is 25.1 Å². The van der Waals surface area contributed by atoms with Crippen molar-refractivity contribution in [1.29, 1.82) is 0 Å². The number of halogens is 2. The number of fused-ring (bicyclic) bond motifs is 1. The summed E-state index contributed by atoms with van der Waals surface area (Å²) in [5.41, 5.74) is 5.81. The number of hydrogen-bond acceptors (Lipinski definition) is 8. The van der Waals surface area contributed by atoms with Crippen molar-refractivity contribution in [3.8, 4) is 28.3 Å². The summed E-state index contributed by atoms with van der Waals surface area (Å²) in [6.07, 6.45) is 4.96. The molecule has 234 valence electrons. The first kappa shape index (κ1) is 30.7. The minimum Gasteiger partial charge on any atom is -0.481 e. The predicted molar refractivity (Wildman–Crippen MR) is 172 cm³/mol. The fourth-order valence-electron chi connectivity index (χ4n) is 6.41. The van der Waals surface area contributed by atoms with Crippen molar-refractivity contribution in [2.45, 2.75) is 32.7 Å². The average Bonchev–Trinajstić information content (AvgIpc) is 3.42. The highest BCUT2D eigenvalue weighted by atomic mass is 35.5. The van der Waals surface area contributed by atoms with Gasteiger partial charge in [0, 0.05) is 65.9 Å².